The van der Waals surface area contributed by atoms with Crippen molar-refractivity contribution in [3.63, 3.8) is 0 Å². The Kier molecular flexibility index (Phi) is 8.65. The second-order valence-electron chi connectivity index (χ2n) is 6.20. The normalized spacial score (nSPS) is 12.0. The van der Waals surface area contributed by atoms with Crippen LogP contribution < -0.4 is 24.3 Å². The van der Waals surface area contributed by atoms with Gasteiger partial charge in [0.1, 0.15) is 12.7 Å². The van der Waals surface area contributed by atoms with Crippen molar-refractivity contribution in [2.75, 3.05) is 34.5 Å². The first-order chi connectivity index (χ1) is 13.6. The number of nitrogens with one attached hydrogen (secondary N) is 1. The topological polar surface area (TPSA) is 69.2 Å². The lowest BCUT2D eigenvalue weighted by atomic mass is 10.2. The van der Waals surface area contributed by atoms with Gasteiger partial charge in [0.05, 0.1) is 21.3 Å². The highest BCUT2D eigenvalue weighted by Crippen LogP contribution is 2.29. The van der Waals surface area contributed by atoms with E-state index in [0.29, 0.717) is 36.1 Å². The van der Waals surface area contributed by atoms with Gasteiger partial charge in [-0.3, -0.25) is 0 Å². The fraction of sp³-hybridized carbons (Fsp3) is 0.364. The summed E-state index contributed by atoms with van der Waals surface area (Å²) in [5, 5.41) is 13.4. The van der Waals surface area contributed by atoms with Crippen LogP contribution in [0.5, 0.6) is 23.0 Å². The molecule has 28 heavy (non-hydrogen) atoms. The van der Waals surface area contributed by atoms with E-state index in [9.17, 15) is 5.11 Å². The third-order valence-corrected chi connectivity index (χ3v) is 4.14. The third kappa shape index (κ3) is 6.18. The van der Waals surface area contributed by atoms with E-state index < -0.39 is 6.10 Å². The summed E-state index contributed by atoms with van der Waals surface area (Å²) in [6.45, 7) is 3.12. The second-order valence-corrected chi connectivity index (χ2v) is 6.20. The van der Waals surface area contributed by atoms with Gasteiger partial charge in [-0.2, -0.15) is 0 Å². The minimum Gasteiger partial charge on any atom is -0.493 e. The maximum Gasteiger partial charge on any atom is 0.161 e. The van der Waals surface area contributed by atoms with Gasteiger partial charge in [0.2, 0.25) is 0 Å². The maximum absolute atomic E-state index is 10.2. The van der Waals surface area contributed by atoms with Crippen LogP contribution in [0.4, 0.5) is 0 Å². The molecule has 0 heterocycles. The van der Waals surface area contributed by atoms with E-state index in [1.165, 1.54) is 0 Å². The summed E-state index contributed by atoms with van der Waals surface area (Å²) in [6.07, 6.45) is 3.29. The lowest BCUT2D eigenvalue weighted by Gasteiger charge is -2.16. The van der Waals surface area contributed by atoms with Crippen molar-refractivity contribution in [2.24, 2.45) is 0 Å². The molecule has 0 aliphatic heterocycles. The molecule has 2 rings (SSSR count). The highest BCUT2D eigenvalue weighted by atomic mass is 16.5. The number of hydrogen-bond donors (Lipinski definition) is 2. The smallest absolute Gasteiger partial charge is 0.161 e. The summed E-state index contributed by atoms with van der Waals surface area (Å²) in [4.78, 5) is 0. The second kappa shape index (κ2) is 11.2. The molecular weight excluding hydrogens is 358 g/mol. The third-order valence-electron chi connectivity index (χ3n) is 4.14. The number of hydrogen-bond acceptors (Lipinski definition) is 6. The quantitative estimate of drug-likeness (QED) is 0.617. The van der Waals surface area contributed by atoms with Crippen molar-refractivity contribution < 1.29 is 24.1 Å². The van der Waals surface area contributed by atoms with Crippen LogP contribution in [-0.4, -0.2) is 45.7 Å². The molecule has 0 fully saturated rings. The molecule has 2 aromatic rings. The molecule has 0 amide bonds. The predicted molar refractivity (Wildman–Crippen MR) is 110 cm³/mol. The van der Waals surface area contributed by atoms with Crippen LogP contribution in [0.25, 0.3) is 6.08 Å². The van der Waals surface area contributed by atoms with Crippen molar-refractivity contribution in [1.29, 1.82) is 0 Å². The number of allylic oxidation sites excluding steroid dienone is 1. The summed E-state index contributed by atoms with van der Waals surface area (Å²) in [6, 6.07) is 11.4. The molecule has 0 aliphatic carbocycles. The zero-order valence-corrected chi connectivity index (χ0v) is 16.9. The minimum absolute atomic E-state index is 0.165. The van der Waals surface area contributed by atoms with Gasteiger partial charge < -0.3 is 29.4 Å². The van der Waals surface area contributed by atoms with Crippen molar-refractivity contribution in [1.82, 2.24) is 5.32 Å². The van der Waals surface area contributed by atoms with E-state index in [0.717, 1.165) is 11.1 Å². The van der Waals surface area contributed by atoms with E-state index in [2.05, 4.69) is 5.32 Å². The molecule has 2 aromatic carbocycles. The van der Waals surface area contributed by atoms with E-state index in [-0.39, 0.29) is 6.61 Å². The van der Waals surface area contributed by atoms with Crippen LogP contribution >= 0.6 is 0 Å². The Morgan fingerprint density at radius 1 is 0.929 bits per heavy atom. The first kappa shape index (κ1) is 21.6. The number of benzene rings is 2. The molecule has 0 bridgehead atoms. The number of methoxy groups -OCH3 is 3. The Balaban J connectivity index is 1.82. The maximum atomic E-state index is 10.2. The Morgan fingerprint density at radius 3 is 2.29 bits per heavy atom. The van der Waals surface area contributed by atoms with Gasteiger partial charge in [-0.15, -0.1) is 0 Å². The molecular formula is C22H29NO5. The molecule has 0 saturated carbocycles. The predicted octanol–water partition coefficient (Wildman–Crippen LogP) is 3.28. The molecule has 2 N–H and O–H groups in total. The van der Waals surface area contributed by atoms with E-state index in [1.54, 1.807) is 21.3 Å². The van der Waals surface area contributed by atoms with Crippen molar-refractivity contribution in [3.05, 3.63) is 53.6 Å². The highest BCUT2D eigenvalue weighted by Gasteiger charge is 2.10. The number of rotatable bonds is 11. The van der Waals surface area contributed by atoms with Crippen molar-refractivity contribution >= 4 is 6.08 Å². The van der Waals surface area contributed by atoms with Crippen LogP contribution in [0.2, 0.25) is 0 Å². The average Bonchev–Trinajstić information content (AvgIpc) is 2.72. The largest absolute Gasteiger partial charge is 0.493 e. The number of ether oxygens (including phenoxy) is 4. The molecule has 0 saturated heterocycles. The zero-order chi connectivity index (χ0) is 20.4. The molecule has 1 atom stereocenters. The molecule has 0 spiro atoms. The molecule has 0 aliphatic rings. The molecule has 0 aromatic heterocycles. The van der Waals surface area contributed by atoms with Crippen molar-refractivity contribution in [2.45, 2.75) is 19.6 Å². The van der Waals surface area contributed by atoms with Gasteiger partial charge in [0, 0.05) is 13.1 Å². The molecule has 152 valence electrons. The van der Waals surface area contributed by atoms with Crippen LogP contribution in [0, 0.1) is 0 Å². The van der Waals surface area contributed by atoms with Gasteiger partial charge >= 0.3 is 0 Å². The number of aliphatic hydroxyl groups is 1. The standard InChI is InChI=1S/C22H29NO5/c1-5-6-16-7-10-20(22(11-16)27-4)28-15-18(24)14-23-13-17-8-9-19(25-2)21(12-17)26-3/h5-12,18,23-24H,13-15H2,1-4H3. The average molecular weight is 387 g/mol. The van der Waals surface area contributed by atoms with E-state index >= 15 is 0 Å². The summed E-state index contributed by atoms with van der Waals surface area (Å²) in [5.41, 5.74) is 2.07. The molecule has 1 unspecified atom stereocenters. The van der Waals surface area contributed by atoms with Gasteiger partial charge in [0.15, 0.2) is 23.0 Å². The lowest BCUT2D eigenvalue weighted by molar-refractivity contribution is 0.104. The molecule has 6 heteroatoms. The first-order valence-electron chi connectivity index (χ1n) is 9.14. The highest BCUT2D eigenvalue weighted by molar-refractivity contribution is 5.55. The van der Waals surface area contributed by atoms with Gasteiger partial charge in [-0.05, 0) is 42.3 Å². The Bertz CT molecular complexity index is 776. The number of aliphatic hydroxyl groups excluding tert-OH is 1. The summed E-state index contributed by atoms with van der Waals surface area (Å²) in [5.74, 6) is 2.61. The van der Waals surface area contributed by atoms with Crippen molar-refractivity contribution in [3.8, 4) is 23.0 Å². The van der Waals surface area contributed by atoms with Crippen LogP contribution in [0.3, 0.4) is 0 Å². The Morgan fingerprint density at radius 2 is 1.61 bits per heavy atom. The van der Waals surface area contributed by atoms with Crippen LogP contribution in [-0.2, 0) is 6.54 Å². The van der Waals surface area contributed by atoms with E-state index in [1.807, 2.05) is 55.5 Å². The fourth-order valence-electron chi connectivity index (χ4n) is 2.72. The molecule has 6 nitrogen and oxygen atoms in total. The summed E-state index contributed by atoms with van der Waals surface area (Å²) < 4.78 is 21.6. The monoisotopic (exact) mass is 387 g/mol. The summed E-state index contributed by atoms with van der Waals surface area (Å²) in [7, 11) is 4.81. The van der Waals surface area contributed by atoms with Gasteiger partial charge in [-0.1, -0.05) is 24.3 Å². The SMILES string of the molecule is CC=Cc1ccc(OCC(O)CNCc2ccc(OC)c(OC)c2)c(OC)c1. The van der Waals surface area contributed by atoms with Crippen LogP contribution in [0.15, 0.2) is 42.5 Å². The lowest BCUT2D eigenvalue weighted by Crippen LogP contribution is -2.31. The van der Waals surface area contributed by atoms with Gasteiger partial charge in [0.25, 0.3) is 0 Å². The first-order valence-corrected chi connectivity index (χ1v) is 9.14. The summed E-state index contributed by atoms with van der Waals surface area (Å²) >= 11 is 0. The zero-order valence-electron chi connectivity index (χ0n) is 16.9. The fourth-order valence-corrected chi connectivity index (χ4v) is 2.72. The molecule has 0 radical (unpaired) electrons. The van der Waals surface area contributed by atoms with Crippen LogP contribution in [0.1, 0.15) is 18.1 Å². The van der Waals surface area contributed by atoms with E-state index in [4.69, 9.17) is 18.9 Å². The Labute approximate surface area is 166 Å². The minimum atomic E-state index is -0.653. The Hall–Kier alpha value is -2.70. The van der Waals surface area contributed by atoms with Gasteiger partial charge in [-0.25, -0.2) is 0 Å².